The van der Waals surface area contributed by atoms with Crippen LogP contribution in [-0.2, 0) is 11.0 Å². The van der Waals surface area contributed by atoms with Crippen LogP contribution in [0.3, 0.4) is 0 Å². The summed E-state index contributed by atoms with van der Waals surface area (Å²) in [6.07, 6.45) is -4.69. The predicted octanol–water partition coefficient (Wildman–Crippen LogP) is 2.11. The Morgan fingerprint density at radius 2 is 2.07 bits per heavy atom. The van der Waals surface area contributed by atoms with Gasteiger partial charge in [-0.3, -0.25) is 9.89 Å². The number of amides is 3. The number of hydrogen-bond acceptors (Lipinski definition) is 3. The molecule has 2 atom stereocenters. The molecule has 3 rings (SSSR count). The molecule has 1 aromatic carbocycles. The Morgan fingerprint density at radius 3 is 2.63 bits per heavy atom. The third-order valence-corrected chi connectivity index (χ3v) is 4.14. The fourth-order valence-corrected chi connectivity index (χ4v) is 2.71. The number of carbonyl (C=O) groups is 2. The fourth-order valence-electron chi connectivity index (χ4n) is 2.52. The number of aromatic amines is 1. The summed E-state index contributed by atoms with van der Waals surface area (Å²) in [7, 11) is 0. The number of aromatic nitrogens is 2. The van der Waals surface area contributed by atoms with Crippen molar-refractivity contribution in [3.63, 3.8) is 0 Å². The Hall–Kier alpha value is -2.82. The number of urea groups is 1. The van der Waals surface area contributed by atoms with Gasteiger partial charge in [-0.05, 0) is 23.8 Å². The minimum Gasteiger partial charge on any atom is -0.342 e. The lowest BCUT2D eigenvalue weighted by Gasteiger charge is -2.20. The van der Waals surface area contributed by atoms with Crippen molar-refractivity contribution in [1.29, 1.82) is 0 Å². The minimum absolute atomic E-state index is 0.0122. The third-order valence-electron chi connectivity index (χ3n) is 3.85. The highest BCUT2D eigenvalue weighted by atomic mass is 35.5. The van der Waals surface area contributed by atoms with Gasteiger partial charge in [0.05, 0.1) is 16.8 Å². The second-order valence-corrected chi connectivity index (χ2v) is 6.14. The van der Waals surface area contributed by atoms with Crippen LogP contribution in [0.4, 0.5) is 22.4 Å². The van der Waals surface area contributed by atoms with Crippen molar-refractivity contribution in [2.45, 2.75) is 18.3 Å². The summed E-state index contributed by atoms with van der Waals surface area (Å²) < 4.78 is 51.9. The molecule has 1 aliphatic rings. The van der Waals surface area contributed by atoms with E-state index in [1.165, 1.54) is 12.1 Å². The zero-order chi connectivity index (χ0) is 19.8. The van der Waals surface area contributed by atoms with Gasteiger partial charge in [0.1, 0.15) is 11.9 Å². The van der Waals surface area contributed by atoms with Gasteiger partial charge in [-0.2, -0.15) is 18.3 Å². The van der Waals surface area contributed by atoms with Gasteiger partial charge in [0.25, 0.3) is 0 Å². The third kappa shape index (κ3) is 4.13. The van der Waals surface area contributed by atoms with Crippen molar-refractivity contribution < 1.29 is 27.2 Å². The van der Waals surface area contributed by atoms with Gasteiger partial charge in [0.15, 0.2) is 5.69 Å². The highest BCUT2D eigenvalue weighted by molar-refractivity contribution is 6.30. The molecule has 3 amide bonds. The Balaban J connectivity index is 1.93. The second-order valence-electron chi connectivity index (χ2n) is 5.73. The topological polar surface area (TPSA) is 98.9 Å². The molecular formula is C15H12ClF4N5O2. The van der Waals surface area contributed by atoms with Gasteiger partial charge >= 0.3 is 12.2 Å². The van der Waals surface area contributed by atoms with Crippen LogP contribution in [0.2, 0.25) is 5.02 Å². The van der Waals surface area contributed by atoms with Crippen molar-refractivity contribution in [1.82, 2.24) is 26.1 Å². The lowest BCUT2D eigenvalue weighted by atomic mass is 10.0. The molecule has 12 heteroatoms. The van der Waals surface area contributed by atoms with E-state index in [-0.39, 0.29) is 22.8 Å². The van der Waals surface area contributed by atoms with Crippen molar-refractivity contribution >= 4 is 23.5 Å². The van der Waals surface area contributed by atoms with Gasteiger partial charge in [0.2, 0.25) is 5.91 Å². The maximum atomic E-state index is 13.4. The Morgan fingerprint density at radius 1 is 1.33 bits per heavy atom. The van der Waals surface area contributed by atoms with E-state index in [1.807, 2.05) is 0 Å². The lowest BCUT2D eigenvalue weighted by Crippen LogP contribution is -2.44. The summed E-state index contributed by atoms with van der Waals surface area (Å²) in [4.78, 5) is 23.6. The fraction of sp³-hybridized carbons (Fsp3) is 0.267. The maximum absolute atomic E-state index is 13.4. The average Bonchev–Trinajstić information content (AvgIpc) is 3.24. The van der Waals surface area contributed by atoms with Crippen LogP contribution in [-0.4, -0.2) is 34.7 Å². The molecule has 4 N–H and O–H groups in total. The summed E-state index contributed by atoms with van der Waals surface area (Å²) in [5.74, 6) is -1.37. The number of rotatable bonds is 4. The van der Waals surface area contributed by atoms with E-state index in [0.717, 1.165) is 12.1 Å². The smallest absolute Gasteiger partial charge is 0.342 e. The molecule has 1 unspecified atom stereocenters. The first-order chi connectivity index (χ1) is 12.6. The number of benzene rings is 1. The molecule has 1 aromatic heterocycles. The van der Waals surface area contributed by atoms with E-state index in [4.69, 9.17) is 11.6 Å². The van der Waals surface area contributed by atoms with E-state index in [1.54, 1.807) is 0 Å². The van der Waals surface area contributed by atoms with Crippen LogP contribution < -0.4 is 16.0 Å². The van der Waals surface area contributed by atoms with E-state index < -0.39 is 41.7 Å². The molecule has 0 aliphatic carbocycles. The van der Waals surface area contributed by atoms with Crippen molar-refractivity contribution in [3.05, 3.63) is 52.1 Å². The van der Waals surface area contributed by atoms with E-state index in [0.29, 0.717) is 0 Å². The zero-order valence-corrected chi connectivity index (χ0v) is 14.1. The molecule has 1 fully saturated rings. The number of halogens is 5. The molecule has 27 heavy (non-hydrogen) atoms. The number of carbonyl (C=O) groups excluding carboxylic acids is 2. The minimum atomic E-state index is -4.69. The molecule has 2 heterocycles. The van der Waals surface area contributed by atoms with Gasteiger partial charge < -0.3 is 16.0 Å². The standard InChI is InChI=1S/C15H12ClF4N5O2/c16-7-3-6(1-2-8(7)17)12(9-4-11(25-24-9)15(18,19)20)23-13(26)10-5-21-14(27)22-10/h1-4,10,12H,5H2,(H,23,26)(H,24,25)(H2,21,22,27)/t10?,12-/m1/s1. The first kappa shape index (κ1) is 19.0. The van der Waals surface area contributed by atoms with Gasteiger partial charge in [0, 0.05) is 6.54 Å². The van der Waals surface area contributed by atoms with Crippen molar-refractivity contribution in [2.24, 2.45) is 0 Å². The van der Waals surface area contributed by atoms with Crippen LogP contribution >= 0.6 is 11.6 Å². The average molecular weight is 406 g/mol. The summed E-state index contributed by atoms with van der Waals surface area (Å²) >= 11 is 5.75. The molecule has 0 saturated carbocycles. The first-order valence-corrected chi connectivity index (χ1v) is 7.95. The maximum Gasteiger partial charge on any atom is 0.435 e. The number of hydrogen-bond donors (Lipinski definition) is 4. The molecule has 0 bridgehead atoms. The molecule has 2 aromatic rings. The Bertz CT molecular complexity index is 885. The molecule has 1 saturated heterocycles. The highest BCUT2D eigenvalue weighted by Gasteiger charge is 2.36. The monoisotopic (exact) mass is 405 g/mol. The van der Waals surface area contributed by atoms with E-state index in [9.17, 15) is 27.2 Å². The number of nitrogens with one attached hydrogen (secondary N) is 4. The normalized spacial score (nSPS) is 18.0. The molecule has 7 nitrogen and oxygen atoms in total. The van der Waals surface area contributed by atoms with Crippen LogP contribution in [0.25, 0.3) is 0 Å². The van der Waals surface area contributed by atoms with Crippen LogP contribution in [0, 0.1) is 5.82 Å². The van der Waals surface area contributed by atoms with Crippen LogP contribution in [0.5, 0.6) is 0 Å². The predicted molar refractivity (Wildman–Crippen MR) is 85.3 cm³/mol. The number of alkyl halides is 3. The molecule has 144 valence electrons. The van der Waals surface area contributed by atoms with Crippen molar-refractivity contribution in [2.75, 3.05) is 6.54 Å². The summed E-state index contributed by atoms with van der Waals surface area (Å²) in [6, 6.07) is 1.62. The second kappa shape index (κ2) is 7.06. The van der Waals surface area contributed by atoms with E-state index >= 15 is 0 Å². The lowest BCUT2D eigenvalue weighted by molar-refractivity contribution is -0.141. The summed E-state index contributed by atoms with van der Waals surface area (Å²) in [6.45, 7) is 0.0122. The molecular weight excluding hydrogens is 394 g/mol. The largest absolute Gasteiger partial charge is 0.435 e. The Kier molecular flexibility index (Phi) is 4.96. The van der Waals surface area contributed by atoms with E-state index in [2.05, 4.69) is 26.1 Å². The first-order valence-electron chi connectivity index (χ1n) is 7.57. The molecule has 0 radical (unpaired) electrons. The summed E-state index contributed by atoms with van der Waals surface area (Å²) in [5, 5.41) is 12.4. The van der Waals surface area contributed by atoms with Crippen molar-refractivity contribution in [3.8, 4) is 0 Å². The highest BCUT2D eigenvalue weighted by Crippen LogP contribution is 2.31. The number of nitrogens with zero attached hydrogens (tertiary/aromatic N) is 1. The molecule has 1 aliphatic heterocycles. The Labute approximate surface area is 154 Å². The summed E-state index contributed by atoms with van der Waals surface area (Å²) in [5.41, 5.74) is -1.04. The molecule has 0 spiro atoms. The number of H-pyrrole nitrogens is 1. The van der Waals surface area contributed by atoms with Gasteiger partial charge in [-0.1, -0.05) is 17.7 Å². The van der Waals surface area contributed by atoms with Gasteiger partial charge in [-0.25, -0.2) is 9.18 Å². The van der Waals surface area contributed by atoms with Crippen LogP contribution in [0.15, 0.2) is 24.3 Å². The zero-order valence-electron chi connectivity index (χ0n) is 13.3. The quantitative estimate of drug-likeness (QED) is 0.586. The van der Waals surface area contributed by atoms with Gasteiger partial charge in [-0.15, -0.1) is 0 Å². The SMILES string of the molecule is O=C1NCC(C(=O)N[C@H](c2ccc(F)c(Cl)c2)c2cc(C(F)(F)F)n[nH]2)N1. The van der Waals surface area contributed by atoms with Crippen LogP contribution in [0.1, 0.15) is 23.0 Å².